The first kappa shape index (κ1) is 21.5. The third-order valence-corrected chi connectivity index (χ3v) is 5.87. The van der Waals surface area contributed by atoms with Crippen LogP contribution >= 0.6 is 11.6 Å². The monoisotopic (exact) mass is 470 g/mol. The highest BCUT2D eigenvalue weighted by atomic mass is 35.5. The van der Waals surface area contributed by atoms with Gasteiger partial charge in [0.15, 0.2) is 0 Å². The van der Waals surface area contributed by atoms with E-state index < -0.39 is 5.91 Å². The van der Waals surface area contributed by atoms with Crippen molar-refractivity contribution in [1.29, 1.82) is 5.41 Å². The van der Waals surface area contributed by atoms with Gasteiger partial charge in [0.1, 0.15) is 16.8 Å². The second kappa shape index (κ2) is 8.92. The summed E-state index contributed by atoms with van der Waals surface area (Å²) >= 11 is 6.38. The van der Waals surface area contributed by atoms with Crippen molar-refractivity contribution < 1.29 is 4.79 Å². The zero-order valence-electron chi connectivity index (χ0n) is 17.9. The first-order valence-electron chi connectivity index (χ1n) is 10.5. The number of fused-ring (bicyclic) bond motifs is 2. The second-order valence-electron chi connectivity index (χ2n) is 7.67. The molecule has 0 aliphatic carbocycles. The summed E-state index contributed by atoms with van der Waals surface area (Å²) in [5.41, 5.74) is 1.84. The van der Waals surface area contributed by atoms with E-state index >= 15 is 0 Å². The maximum absolute atomic E-state index is 13.3. The minimum absolute atomic E-state index is 0.0604. The number of halogens is 1. The van der Waals surface area contributed by atoms with Crippen molar-refractivity contribution in [3.05, 3.63) is 117 Å². The van der Waals surface area contributed by atoms with Crippen LogP contribution in [0.15, 0.2) is 83.9 Å². The number of hydrogen-bond donors (Lipinski definition) is 2. The molecule has 8 nitrogen and oxygen atoms in total. The van der Waals surface area contributed by atoms with Crippen LogP contribution < -0.4 is 16.4 Å². The molecule has 0 saturated carbocycles. The Morgan fingerprint density at radius 2 is 1.85 bits per heavy atom. The average molecular weight is 471 g/mol. The maximum atomic E-state index is 13.3. The van der Waals surface area contributed by atoms with Crippen LogP contribution in [0.5, 0.6) is 0 Å². The normalized spacial score (nSPS) is 11.1. The van der Waals surface area contributed by atoms with Gasteiger partial charge in [-0.3, -0.25) is 24.4 Å². The largest absolute Gasteiger partial charge is 0.346 e. The quantitative estimate of drug-likeness (QED) is 0.385. The van der Waals surface area contributed by atoms with E-state index in [1.165, 1.54) is 10.5 Å². The van der Waals surface area contributed by atoms with E-state index in [9.17, 15) is 9.59 Å². The summed E-state index contributed by atoms with van der Waals surface area (Å²) in [7, 11) is 0. The molecule has 4 aromatic heterocycles. The summed E-state index contributed by atoms with van der Waals surface area (Å²) in [5.74, 6) is -0.483. The number of pyridine rings is 3. The maximum Gasteiger partial charge on any atom is 0.267 e. The third kappa shape index (κ3) is 3.95. The molecule has 1 amide bonds. The lowest BCUT2D eigenvalue weighted by atomic mass is 10.1. The third-order valence-electron chi connectivity index (χ3n) is 5.51. The fraction of sp³-hybridized carbons (Fsp3) is 0.0800. The molecule has 0 spiro atoms. The minimum atomic E-state index is -0.483. The van der Waals surface area contributed by atoms with Gasteiger partial charge in [0.05, 0.1) is 29.7 Å². The zero-order chi connectivity index (χ0) is 23.7. The number of nitrogens with one attached hydrogen (secondary N) is 2. The molecule has 0 fully saturated rings. The molecule has 9 heteroatoms. The van der Waals surface area contributed by atoms with Crippen molar-refractivity contribution in [2.75, 3.05) is 0 Å². The summed E-state index contributed by atoms with van der Waals surface area (Å²) in [5, 5.41) is 12.4. The van der Waals surface area contributed by atoms with E-state index in [0.717, 1.165) is 5.56 Å². The van der Waals surface area contributed by atoms with Gasteiger partial charge >= 0.3 is 0 Å². The highest BCUT2D eigenvalue weighted by molar-refractivity contribution is 6.31. The Hall–Kier alpha value is -4.30. The van der Waals surface area contributed by atoms with Crippen molar-refractivity contribution in [2.45, 2.75) is 13.1 Å². The fourth-order valence-electron chi connectivity index (χ4n) is 3.78. The van der Waals surface area contributed by atoms with Gasteiger partial charge in [-0.25, -0.2) is 4.98 Å². The number of rotatable bonds is 5. The summed E-state index contributed by atoms with van der Waals surface area (Å²) in [6, 6.07) is 19.3. The number of hydrogen-bond acceptors (Lipinski definition) is 5. The van der Waals surface area contributed by atoms with Gasteiger partial charge in [-0.05, 0) is 42.0 Å². The molecular formula is C25H19ClN6O2. The van der Waals surface area contributed by atoms with Crippen LogP contribution in [0.25, 0.3) is 16.7 Å². The lowest BCUT2D eigenvalue weighted by molar-refractivity contribution is 0.0948. The lowest BCUT2D eigenvalue weighted by Gasteiger charge is -2.15. The Morgan fingerprint density at radius 3 is 2.65 bits per heavy atom. The zero-order valence-corrected chi connectivity index (χ0v) is 18.7. The average Bonchev–Trinajstić information content (AvgIpc) is 2.86. The molecular weight excluding hydrogens is 452 g/mol. The summed E-state index contributed by atoms with van der Waals surface area (Å²) < 4.78 is 2.96. The number of nitrogens with zero attached hydrogens (tertiary/aromatic N) is 4. The van der Waals surface area contributed by atoms with Gasteiger partial charge in [0.25, 0.3) is 11.5 Å². The Kier molecular flexibility index (Phi) is 5.65. The fourth-order valence-corrected chi connectivity index (χ4v) is 3.98. The Balaban J connectivity index is 1.69. The molecule has 0 aliphatic heterocycles. The molecule has 0 aliphatic rings. The predicted octanol–water partition coefficient (Wildman–Crippen LogP) is 3.16. The molecule has 1 aromatic carbocycles. The highest BCUT2D eigenvalue weighted by Crippen LogP contribution is 2.18. The molecule has 4 heterocycles. The summed E-state index contributed by atoms with van der Waals surface area (Å²) in [4.78, 5) is 35.3. The lowest BCUT2D eigenvalue weighted by Crippen LogP contribution is -2.35. The highest BCUT2D eigenvalue weighted by Gasteiger charge is 2.18. The Morgan fingerprint density at radius 1 is 1.06 bits per heavy atom. The number of benzene rings is 1. The molecule has 5 aromatic rings. The number of amides is 1. The van der Waals surface area contributed by atoms with Gasteiger partial charge in [-0.15, -0.1) is 0 Å². The van der Waals surface area contributed by atoms with Crippen LogP contribution in [0.4, 0.5) is 0 Å². The van der Waals surface area contributed by atoms with Gasteiger partial charge in [0.2, 0.25) is 0 Å². The summed E-state index contributed by atoms with van der Waals surface area (Å²) in [6.07, 6.45) is 3.26. The van der Waals surface area contributed by atoms with E-state index in [0.29, 0.717) is 22.0 Å². The van der Waals surface area contributed by atoms with Crippen molar-refractivity contribution >= 4 is 34.2 Å². The molecule has 5 rings (SSSR count). The smallest absolute Gasteiger partial charge is 0.267 e. The topological polar surface area (TPSA) is 105 Å². The SMILES string of the molecule is N=c1c(C(=O)NCc2ccccn2)cc2c(=O)n3ccccc3nc2n1Cc1ccccc1Cl. The van der Waals surface area contributed by atoms with Crippen molar-refractivity contribution in [2.24, 2.45) is 0 Å². The second-order valence-corrected chi connectivity index (χ2v) is 8.08. The molecule has 0 saturated heterocycles. The van der Waals surface area contributed by atoms with E-state index in [1.54, 1.807) is 53.4 Å². The van der Waals surface area contributed by atoms with Crippen molar-refractivity contribution in [3.63, 3.8) is 0 Å². The number of carbonyl (C=O) groups excluding carboxylic acids is 1. The van der Waals surface area contributed by atoms with Crippen LogP contribution in [-0.4, -0.2) is 24.8 Å². The molecule has 0 radical (unpaired) electrons. The van der Waals surface area contributed by atoms with Gasteiger partial charge in [-0.1, -0.05) is 41.9 Å². The number of aromatic nitrogens is 4. The Bertz CT molecular complexity index is 1660. The standard InChI is InChI=1S/C25H19ClN6O2/c26-20-9-2-1-7-16(20)15-32-22(27)18(24(33)29-14-17-8-3-5-11-28-17)13-19-23(32)30-21-10-4-6-12-31(21)25(19)34/h1-13,27H,14-15H2,(H,29,33). The Labute approximate surface area is 198 Å². The van der Waals surface area contributed by atoms with E-state index in [-0.39, 0.29) is 35.1 Å². The van der Waals surface area contributed by atoms with E-state index in [1.807, 2.05) is 24.3 Å². The van der Waals surface area contributed by atoms with Crippen LogP contribution in [0, 0.1) is 5.41 Å². The first-order chi connectivity index (χ1) is 16.5. The molecule has 2 N–H and O–H groups in total. The predicted molar refractivity (Wildman–Crippen MR) is 129 cm³/mol. The summed E-state index contributed by atoms with van der Waals surface area (Å²) in [6.45, 7) is 0.364. The van der Waals surface area contributed by atoms with Gasteiger partial charge < -0.3 is 9.88 Å². The van der Waals surface area contributed by atoms with Crippen LogP contribution in [-0.2, 0) is 13.1 Å². The van der Waals surface area contributed by atoms with Crippen molar-refractivity contribution in [3.8, 4) is 0 Å². The van der Waals surface area contributed by atoms with E-state index in [2.05, 4.69) is 15.3 Å². The molecule has 34 heavy (non-hydrogen) atoms. The van der Waals surface area contributed by atoms with Crippen LogP contribution in [0.3, 0.4) is 0 Å². The van der Waals surface area contributed by atoms with Gasteiger partial charge in [-0.2, -0.15) is 0 Å². The minimum Gasteiger partial charge on any atom is -0.346 e. The number of carbonyl (C=O) groups is 1. The molecule has 0 bridgehead atoms. The van der Waals surface area contributed by atoms with Gasteiger partial charge in [0, 0.05) is 17.4 Å². The van der Waals surface area contributed by atoms with E-state index in [4.69, 9.17) is 17.0 Å². The van der Waals surface area contributed by atoms with Crippen LogP contribution in [0.1, 0.15) is 21.6 Å². The first-order valence-corrected chi connectivity index (χ1v) is 10.9. The molecule has 0 unspecified atom stereocenters. The van der Waals surface area contributed by atoms with Crippen LogP contribution in [0.2, 0.25) is 5.02 Å². The van der Waals surface area contributed by atoms with Crippen molar-refractivity contribution in [1.82, 2.24) is 24.3 Å². The molecule has 0 atom stereocenters. The molecule has 168 valence electrons.